The second-order valence-electron chi connectivity index (χ2n) is 8.50. The maximum atomic E-state index is 9.73. The molecule has 0 radical (unpaired) electrons. The van der Waals surface area contributed by atoms with E-state index in [9.17, 15) is 5.26 Å². The highest BCUT2D eigenvalue weighted by Gasteiger charge is 2.15. The first-order valence-corrected chi connectivity index (χ1v) is 12.6. The summed E-state index contributed by atoms with van der Waals surface area (Å²) in [6, 6.07) is 21.1. The molecule has 2 N–H and O–H groups in total. The Morgan fingerprint density at radius 3 is 2.71 bits per heavy atom. The van der Waals surface area contributed by atoms with E-state index in [1.807, 2.05) is 48.5 Å². The Kier molecular flexibility index (Phi) is 7.75. The molecule has 0 aliphatic heterocycles. The summed E-state index contributed by atoms with van der Waals surface area (Å²) < 4.78 is 11.4. The lowest BCUT2D eigenvalue weighted by Gasteiger charge is -2.15. The van der Waals surface area contributed by atoms with Crippen LogP contribution < -0.4 is 15.4 Å². The van der Waals surface area contributed by atoms with Crippen molar-refractivity contribution in [2.45, 2.75) is 13.0 Å². The molecule has 5 aromatic rings. The summed E-state index contributed by atoms with van der Waals surface area (Å²) >= 11 is 12.6. The number of nitriles is 1. The molecule has 0 aliphatic rings. The summed E-state index contributed by atoms with van der Waals surface area (Å²) in [7, 11) is 1.53. The third-order valence-corrected chi connectivity index (χ3v) is 6.63. The first-order valence-electron chi connectivity index (χ1n) is 11.9. The minimum absolute atomic E-state index is 0.382. The smallest absolute Gasteiger partial charge is 0.139 e. The largest absolute Gasteiger partial charge is 0.495 e. The molecule has 190 valence electrons. The van der Waals surface area contributed by atoms with Crippen LogP contribution in [0.2, 0.25) is 10.0 Å². The topological polar surface area (TPSA) is 96.0 Å². The molecule has 3 aromatic heterocycles. The summed E-state index contributed by atoms with van der Waals surface area (Å²) in [5.41, 5.74) is 4.17. The van der Waals surface area contributed by atoms with E-state index in [0.717, 1.165) is 41.1 Å². The van der Waals surface area contributed by atoms with Crippen LogP contribution in [0.5, 0.6) is 5.75 Å². The number of pyridine rings is 2. The number of rotatable bonds is 9. The van der Waals surface area contributed by atoms with Crippen LogP contribution in [-0.2, 0) is 13.0 Å². The van der Waals surface area contributed by atoms with Gasteiger partial charge in [-0.25, -0.2) is 0 Å². The van der Waals surface area contributed by atoms with Gasteiger partial charge in [-0.05, 0) is 42.5 Å². The van der Waals surface area contributed by atoms with Gasteiger partial charge in [0.05, 0.1) is 46.2 Å². The fourth-order valence-corrected chi connectivity index (χ4v) is 4.59. The number of hydrogen-bond acceptors (Lipinski definition) is 7. The van der Waals surface area contributed by atoms with Crippen LogP contribution in [0.4, 0.5) is 11.4 Å². The predicted molar refractivity (Wildman–Crippen MR) is 150 cm³/mol. The molecule has 0 saturated heterocycles. The number of methoxy groups -OCH3 is 1. The predicted octanol–water partition coefficient (Wildman–Crippen LogP) is 7.15. The van der Waals surface area contributed by atoms with Gasteiger partial charge in [-0.15, -0.1) is 0 Å². The first-order chi connectivity index (χ1) is 18.6. The third kappa shape index (κ3) is 5.58. The number of halogens is 2. The third-order valence-electron chi connectivity index (χ3n) is 6.02. The quantitative estimate of drug-likeness (QED) is 0.190. The molecular formula is C29H23Cl2N5O2. The number of nitrogens with one attached hydrogen (secondary N) is 2. The normalized spacial score (nSPS) is 10.9. The van der Waals surface area contributed by atoms with E-state index >= 15 is 0 Å². The Morgan fingerprint density at radius 1 is 1.03 bits per heavy atom. The van der Waals surface area contributed by atoms with Gasteiger partial charge in [0, 0.05) is 48.1 Å². The Hall–Kier alpha value is -4.09. The van der Waals surface area contributed by atoms with E-state index in [1.165, 1.54) is 13.3 Å². The summed E-state index contributed by atoms with van der Waals surface area (Å²) in [5.74, 6) is 2.04. The molecule has 0 bridgehead atoms. The lowest BCUT2D eigenvalue weighted by atomic mass is 10.1. The number of aromatic nitrogens is 2. The van der Waals surface area contributed by atoms with Crippen LogP contribution in [0, 0.1) is 11.3 Å². The molecule has 9 heteroatoms. The van der Waals surface area contributed by atoms with Crippen molar-refractivity contribution in [3.8, 4) is 23.1 Å². The van der Waals surface area contributed by atoms with Crippen molar-refractivity contribution in [1.29, 1.82) is 5.26 Å². The van der Waals surface area contributed by atoms with Gasteiger partial charge in [0.15, 0.2) is 0 Å². The van der Waals surface area contributed by atoms with Gasteiger partial charge < -0.3 is 19.8 Å². The number of hydrogen-bond donors (Lipinski definition) is 2. The highest BCUT2D eigenvalue weighted by Crippen LogP contribution is 2.38. The zero-order valence-corrected chi connectivity index (χ0v) is 22.0. The average molecular weight is 544 g/mol. The lowest BCUT2D eigenvalue weighted by Crippen LogP contribution is -2.16. The van der Waals surface area contributed by atoms with Crippen molar-refractivity contribution in [3.05, 3.63) is 100 Å². The van der Waals surface area contributed by atoms with Crippen molar-refractivity contribution < 1.29 is 9.15 Å². The highest BCUT2D eigenvalue weighted by atomic mass is 35.5. The molecule has 5 rings (SSSR count). The van der Waals surface area contributed by atoms with E-state index in [2.05, 4.69) is 26.7 Å². The van der Waals surface area contributed by atoms with E-state index in [0.29, 0.717) is 44.8 Å². The molecule has 2 aromatic carbocycles. The lowest BCUT2D eigenvalue weighted by molar-refractivity contribution is 0.415. The molecule has 0 unspecified atom stereocenters. The Bertz CT molecular complexity index is 1630. The summed E-state index contributed by atoms with van der Waals surface area (Å²) in [5, 5.41) is 18.0. The Labute approximate surface area is 230 Å². The van der Waals surface area contributed by atoms with Gasteiger partial charge in [0.2, 0.25) is 0 Å². The molecule has 0 atom stereocenters. The van der Waals surface area contributed by atoms with Crippen molar-refractivity contribution in [2.75, 3.05) is 19.0 Å². The average Bonchev–Trinajstić information content (AvgIpc) is 3.42. The number of benzene rings is 2. The van der Waals surface area contributed by atoms with E-state index in [4.69, 9.17) is 32.4 Å². The van der Waals surface area contributed by atoms with Crippen LogP contribution in [0.25, 0.3) is 22.2 Å². The van der Waals surface area contributed by atoms with Crippen molar-refractivity contribution in [3.63, 3.8) is 0 Å². The molecule has 0 fully saturated rings. The molecular weight excluding hydrogens is 521 g/mol. The summed E-state index contributed by atoms with van der Waals surface area (Å²) in [6.07, 6.45) is 4.19. The van der Waals surface area contributed by atoms with Crippen molar-refractivity contribution in [1.82, 2.24) is 15.3 Å². The molecule has 7 nitrogen and oxygen atoms in total. The van der Waals surface area contributed by atoms with Gasteiger partial charge in [0.25, 0.3) is 0 Å². The van der Waals surface area contributed by atoms with E-state index in [1.54, 1.807) is 18.3 Å². The number of anilines is 2. The first kappa shape index (κ1) is 25.6. The number of furan rings is 1. The standard InChI is InChI=1S/C29H23Cl2N5O2/c1-37-28-14-26(23(30)13-24(28)31)36-29-19(15-32)16-35-25-12-18(5-7-22(25)29)27-8-6-21(38-27)17-33-11-9-20-4-2-3-10-34-20/h2-8,10,12-14,16,33H,9,11,17H2,1H3,(H,35,36). The number of ether oxygens (including phenoxy) is 1. The maximum absolute atomic E-state index is 9.73. The van der Waals surface area contributed by atoms with Gasteiger partial charge >= 0.3 is 0 Å². The van der Waals surface area contributed by atoms with Gasteiger partial charge in [-0.1, -0.05) is 35.3 Å². The minimum Gasteiger partial charge on any atom is -0.495 e. The van der Waals surface area contributed by atoms with E-state index < -0.39 is 0 Å². The maximum Gasteiger partial charge on any atom is 0.139 e. The van der Waals surface area contributed by atoms with Crippen molar-refractivity contribution >= 4 is 45.5 Å². The van der Waals surface area contributed by atoms with Gasteiger partial charge in [-0.2, -0.15) is 5.26 Å². The fraction of sp³-hybridized carbons (Fsp3) is 0.138. The molecule has 0 aliphatic carbocycles. The van der Waals surface area contributed by atoms with Crippen LogP contribution in [0.1, 0.15) is 17.0 Å². The summed E-state index contributed by atoms with van der Waals surface area (Å²) in [4.78, 5) is 8.84. The number of fused-ring (bicyclic) bond motifs is 1. The monoisotopic (exact) mass is 543 g/mol. The van der Waals surface area contributed by atoms with Crippen LogP contribution in [0.15, 0.2) is 77.5 Å². The second kappa shape index (κ2) is 11.5. The molecule has 0 amide bonds. The van der Waals surface area contributed by atoms with Crippen molar-refractivity contribution in [2.24, 2.45) is 0 Å². The van der Waals surface area contributed by atoms with Crippen LogP contribution >= 0.6 is 23.2 Å². The van der Waals surface area contributed by atoms with Gasteiger partial charge in [0.1, 0.15) is 23.3 Å². The Morgan fingerprint density at radius 2 is 1.92 bits per heavy atom. The second-order valence-corrected chi connectivity index (χ2v) is 9.31. The Balaban J connectivity index is 1.35. The SMILES string of the molecule is COc1cc(Nc2c(C#N)cnc3cc(-c4ccc(CNCCc5ccccn5)o4)ccc23)c(Cl)cc1Cl. The zero-order valence-electron chi connectivity index (χ0n) is 20.5. The fourth-order valence-electron chi connectivity index (χ4n) is 4.08. The molecule has 0 spiro atoms. The minimum atomic E-state index is 0.382. The zero-order chi connectivity index (χ0) is 26.5. The highest BCUT2D eigenvalue weighted by molar-refractivity contribution is 6.37. The molecule has 38 heavy (non-hydrogen) atoms. The number of nitrogens with zero attached hydrogens (tertiary/aromatic N) is 3. The molecule has 3 heterocycles. The summed E-state index contributed by atoms with van der Waals surface area (Å²) in [6.45, 7) is 1.41. The van der Waals surface area contributed by atoms with Gasteiger partial charge in [-0.3, -0.25) is 9.97 Å². The van der Waals surface area contributed by atoms with Crippen LogP contribution in [0.3, 0.4) is 0 Å². The van der Waals surface area contributed by atoms with E-state index in [-0.39, 0.29) is 0 Å². The van der Waals surface area contributed by atoms with Crippen LogP contribution in [-0.4, -0.2) is 23.6 Å². The molecule has 0 saturated carbocycles.